The van der Waals surface area contributed by atoms with E-state index in [0.29, 0.717) is 0 Å². The van der Waals surface area contributed by atoms with E-state index in [1.807, 2.05) is 0 Å². The summed E-state index contributed by atoms with van der Waals surface area (Å²) in [4.78, 5) is 0. The highest BCUT2D eigenvalue weighted by atomic mass is 15.0. The molecule has 3 heteroatoms. The average molecular weight is 726 g/mol. The number of fused-ring (bicyclic) bond motifs is 10. The Morgan fingerprint density at radius 1 is 0.246 bits per heavy atom. The highest BCUT2D eigenvalue weighted by Crippen LogP contribution is 2.52. The number of rotatable bonds is 5. The molecule has 9 aromatic carbocycles. The lowest BCUT2D eigenvalue weighted by atomic mass is 9.86. The van der Waals surface area contributed by atoms with E-state index in [1.54, 1.807) is 0 Å². The zero-order valence-corrected chi connectivity index (χ0v) is 31.0. The van der Waals surface area contributed by atoms with Gasteiger partial charge in [0.05, 0.1) is 33.1 Å². The van der Waals surface area contributed by atoms with Crippen LogP contribution in [0.1, 0.15) is 0 Å². The minimum absolute atomic E-state index is 1.13. The lowest BCUT2D eigenvalue weighted by Gasteiger charge is -2.19. The fraction of sp³-hybridized carbons (Fsp3) is 0. The van der Waals surface area contributed by atoms with Crippen LogP contribution in [0.15, 0.2) is 212 Å². The molecule has 0 N–H and O–H groups in total. The second-order valence-electron chi connectivity index (χ2n) is 14.9. The van der Waals surface area contributed by atoms with E-state index in [9.17, 15) is 0 Å². The van der Waals surface area contributed by atoms with Crippen LogP contribution in [0, 0.1) is 0 Å². The van der Waals surface area contributed by atoms with Crippen molar-refractivity contribution in [3.63, 3.8) is 0 Å². The first-order valence-corrected chi connectivity index (χ1v) is 19.6. The SMILES string of the molecule is c1ccc(-c2c(-c3ccc4c(c3)c3ccccc3n4-c3ccccc3)c3c4ccccc4n(-c4ccccc4)c3c3c2c2ccccc2n3-c2ccccc2)cc1. The molecule has 0 unspecified atom stereocenters. The standard InChI is InChI=1S/C54H35N3/c1-5-19-36(20-6-1)49-50(37-33-34-48-44(35-37)41-27-13-16-30-45(41)55(48)38-21-7-2-8-22-38)52-43-29-15-18-32-47(43)57(40-25-11-4-12-26-40)54(52)53-51(49)42-28-14-17-31-46(42)56(53)39-23-9-3-10-24-39/h1-35H. The van der Waals surface area contributed by atoms with Crippen molar-refractivity contribution in [2.24, 2.45) is 0 Å². The van der Waals surface area contributed by atoms with Gasteiger partial charge in [-0.3, -0.25) is 0 Å². The van der Waals surface area contributed by atoms with E-state index < -0.39 is 0 Å². The Bertz CT molecular complexity index is 3480. The first-order valence-electron chi connectivity index (χ1n) is 19.6. The fourth-order valence-electron chi connectivity index (χ4n) is 9.54. The van der Waals surface area contributed by atoms with Crippen molar-refractivity contribution in [2.75, 3.05) is 0 Å². The highest BCUT2D eigenvalue weighted by Gasteiger charge is 2.29. The van der Waals surface area contributed by atoms with Gasteiger partial charge in [0.1, 0.15) is 0 Å². The predicted octanol–water partition coefficient (Wildman–Crippen LogP) is 14.3. The van der Waals surface area contributed by atoms with E-state index >= 15 is 0 Å². The molecule has 12 aromatic rings. The van der Waals surface area contributed by atoms with Crippen molar-refractivity contribution in [1.82, 2.24) is 13.7 Å². The van der Waals surface area contributed by atoms with Crippen molar-refractivity contribution in [3.8, 4) is 39.3 Å². The lowest BCUT2D eigenvalue weighted by molar-refractivity contribution is 1.15. The zero-order chi connectivity index (χ0) is 37.5. The van der Waals surface area contributed by atoms with Crippen LogP contribution in [-0.2, 0) is 0 Å². The maximum atomic E-state index is 2.50. The van der Waals surface area contributed by atoms with Gasteiger partial charge < -0.3 is 13.7 Å². The molecule has 0 bridgehead atoms. The molecule has 3 nitrogen and oxygen atoms in total. The zero-order valence-electron chi connectivity index (χ0n) is 31.0. The van der Waals surface area contributed by atoms with Gasteiger partial charge in [0.25, 0.3) is 0 Å². The van der Waals surface area contributed by atoms with E-state index in [0.717, 1.165) is 17.1 Å². The molecule has 57 heavy (non-hydrogen) atoms. The average Bonchev–Trinajstić information content (AvgIpc) is 3.93. The number of hydrogen-bond acceptors (Lipinski definition) is 0. The second-order valence-corrected chi connectivity index (χ2v) is 14.9. The third-order valence-electron chi connectivity index (χ3n) is 11.8. The number of hydrogen-bond donors (Lipinski definition) is 0. The molecule has 12 rings (SSSR count). The normalized spacial score (nSPS) is 11.9. The highest BCUT2D eigenvalue weighted by molar-refractivity contribution is 6.33. The Hall–Kier alpha value is -7.62. The van der Waals surface area contributed by atoms with Gasteiger partial charge in [0.15, 0.2) is 0 Å². The molecule has 266 valence electrons. The number of aromatic nitrogens is 3. The maximum Gasteiger partial charge on any atom is 0.0795 e. The quantitative estimate of drug-likeness (QED) is 0.168. The molecule has 3 aromatic heterocycles. The Labute approximate surface area is 329 Å². The minimum Gasteiger partial charge on any atom is -0.309 e. The summed E-state index contributed by atoms with van der Waals surface area (Å²) >= 11 is 0. The molecular formula is C54H35N3. The summed E-state index contributed by atoms with van der Waals surface area (Å²) in [6.07, 6.45) is 0. The van der Waals surface area contributed by atoms with Crippen molar-refractivity contribution >= 4 is 65.4 Å². The van der Waals surface area contributed by atoms with Gasteiger partial charge in [-0.2, -0.15) is 0 Å². The Morgan fingerprint density at radius 2 is 0.614 bits per heavy atom. The molecule has 3 heterocycles. The summed E-state index contributed by atoms with van der Waals surface area (Å²) in [6.45, 7) is 0. The summed E-state index contributed by atoms with van der Waals surface area (Å²) in [5.41, 5.74) is 15.4. The van der Waals surface area contributed by atoms with Gasteiger partial charge in [-0.05, 0) is 77.9 Å². The molecule has 0 atom stereocenters. The van der Waals surface area contributed by atoms with Crippen LogP contribution < -0.4 is 0 Å². The van der Waals surface area contributed by atoms with Crippen LogP contribution in [0.3, 0.4) is 0 Å². The third-order valence-corrected chi connectivity index (χ3v) is 11.8. The summed E-state index contributed by atoms with van der Waals surface area (Å²) in [7, 11) is 0. The van der Waals surface area contributed by atoms with Crippen molar-refractivity contribution in [1.29, 1.82) is 0 Å². The molecule has 0 aliphatic rings. The molecule has 0 aliphatic heterocycles. The molecule has 0 saturated carbocycles. The second kappa shape index (κ2) is 12.5. The van der Waals surface area contributed by atoms with Crippen molar-refractivity contribution < 1.29 is 0 Å². The van der Waals surface area contributed by atoms with Crippen LogP contribution in [0.4, 0.5) is 0 Å². The van der Waals surface area contributed by atoms with Crippen LogP contribution in [-0.4, -0.2) is 13.7 Å². The monoisotopic (exact) mass is 725 g/mol. The smallest absolute Gasteiger partial charge is 0.0795 e. The largest absolute Gasteiger partial charge is 0.309 e. The summed E-state index contributed by atoms with van der Waals surface area (Å²) in [5.74, 6) is 0. The minimum atomic E-state index is 1.13. The van der Waals surface area contributed by atoms with E-state index in [4.69, 9.17) is 0 Å². The predicted molar refractivity (Wildman–Crippen MR) is 240 cm³/mol. The van der Waals surface area contributed by atoms with Gasteiger partial charge in [0.2, 0.25) is 0 Å². The molecule has 0 radical (unpaired) electrons. The maximum absolute atomic E-state index is 2.50. The van der Waals surface area contributed by atoms with Gasteiger partial charge in [0, 0.05) is 60.5 Å². The molecule has 0 spiro atoms. The summed E-state index contributed by atoms with van der Waals surface area (Å²) < 4.78 is 7.40. The molecular weight excluding hydrogens is 691 g/mol. The topological polar surface area (TPSA) is 14.8 Å². The molecule has 0 aliphatic carbocycles. The van der Waals surface area contributed by atoms with Crippen LogP contribution in [0.25, 0.3) is 105 Å². The number of benzene rings is 9. The third kappa shape index (κ3) is 4.60. The van der Waals surface area contributed by atoms with Crippen molar-refractivity contribution in [2.45, 2.75) is 0 Å². The van der Waals surface area contributed by atoms with E-state index in [-0.39, 0.29) is 0 Å². The number of para-hydroxylation sites is 6. The molecule has 0 amide bonds. The van der Waals surface area contributed by atoms with Gasteiger partial charge >= 0.3 is 0 Å². The number of nitrogens with zero attached hydrogens (tertiary/aromatic N) is 3. The Balaban J connectivity index is 1.35. The fourth-order valence-corrected chi connectivity index (χ4v) is 9.54. The first-order chi connectivity index (χ1) is 28.3. The first kappa shape index (κ1) is 31.7. The van der Waals surface area contributed by atoms with Gasteiger partial charge in [-0.1, -0.05) is 146 Å². The van der Waals surface area contributed by atoms with Crippen LogP contribution in [0.5, 0.6) is 0 Å². The van der Waals surface area contributed by atoms with E-state index in [1.165, 1.54) is 87.7 Å². The lowest BCUT2D eigenvalue weighted by Crippen LogP contribution is -2.00. The van der Waals surface area contributed by atoms with Crippen LogP contribution in [0.2, 0.25) is 0 Å². The Morgan fingerprint density at radius 3 is 1.12 bits per heavy atom. The van der Waals surface area contributed by atoms with E-state index in [2.05, 4.69) is 226 Å². The Kier molecular flexibility index (Phi) is 6.93. The van der Waals surface area contributed by atoms with Gasteiger partial charge in [-0.15, -0.1) is 0 Å². The molecule has 0 fully saturated rings. The van der Waals surface area contributed by atoms with Crippen molar-refractivity contribution in [3.05, 3.63) is 212 Å². The molecule has 0 saturated heterocycles. The summed E-state index contributed by atoms with van der Waals surface area (Å²) in [5, 5.41) is 7.41. The summed E-state index contributed by atoms with van der Waals surface area (Å²) in [6, 6.07) is 77.4. The van der Waals surface area contributed by atoms with Gasteiger partial charge in [-0.25, -0.2) is 0 Å². The van der Waals surface area contributed by atoms with Crippen LogP contribution >= 0.6 is 0 Å².